The van der Waals surface area contributed by atoms with E-state index in [-0.39, 0.29) is 11.5 Å². The van der Waals surface area contributed by atoms with Crippen molar-refractivity contribution in [3.05, 3.63) is 29.3 Å². The van der Waals surface area contributed by atoms with Crippen LogP contribution in [0.25, 0.3) is 0 Å². The minimum Gasteiger partial charge on any atom is -0.478 e. The van der Waals surface area contributed by atoms with Gasteiger partial charge in [-0.2, -0.15) is 0 Å². The molecule has 1 fully saturated rings. The first kappa shape index (κ1) is 11.3. The molecule has 18 heavy (non-hydrogen) atoms. The van der Waals surface area contributed by atoms with E-state index in [9.17, 15) is 9.59 Å². The predicted molar refractivity (Wildman–Crippen MR) is 66.8 cm³/mol. The van der Waals surface area contributed by atoms with E-state index in [1.54, 1.807) is 17.0 Å². The minimum absolute atomic E-state index is 0.138. The summed E-state index contributed by atoms with van der Waals surface area (Å²) in [4.78, 5) is 24.8. The van der Waals surface area contributed by atoms with Gasteiger partial charge in [-0.1, -0.05) is 6.07 Å². The molecule has 0 bridgehead atoms. The quantitative estimate of drug-likeness (QED) is 0.886. The second-order valence-corrected chi connectivity index (χ2v) is 5.09. The number of benzene rings is 1. The van der Waals surface area contributed by atoms with Crippen LogP contribution < -0.4 is 4.90 Å². The van der Waals surface area contributed by atoms with Gasteiger partial charge in [0.25, 0.3) is 0 Å². The molecule has 0 atom stereocenters. The summed E-state index contributed by atoms with van der Waals surface area (Å²) in [5.74, 6) is -0.248. The average molecular weight is 245 g/mol. The summed E-state index contributed by atoms with van der Waals surface area (Å²) in [5, 5.41) is 8.99. The van der Waals surface area contributed by atoms with Crippen LogP contribution in [0, 0.1) is 5.92 Å². The Kier molecular flexibility index (Phi) is 2.58. The number of nitrogens with zero attached hydrogens (tertiary/aromatic N) is 1. The van der Waals surface area contributed by atoms with Crippen molar-refractivity contribution >= 4 is 17.6 Å². The summed E-state index contributed by atoms with van der Waals surface area (Å²) >= 11 is 0. The smallest absolute Gasteiger partial charge is 0.335 e. The Labute approximate surface area is 105 Å². The molecule has 0 spiro atoms. The summed E-state index contributed by atoms with van der Waals surface area (Å²) in [5.41, 5.74) is 2.12. The standard InChI is InChI=1S/C14H15NO3/c16-13(7-9-1-2-9)15-6-5-10-3-4-11(14(17)18)8-12(10)15/h3-4,8-9H,1-2,5-7H2,(H,17,18). The molecule has 0 radical (unpaired) electrons. The third-order valence-corrected chi connectivity index (χ3v) is 3.69. The molecule has 1 heterocycles. The molecular formula is C14H15NO3. The monoisotopic (exact) mass is 245 g/mol. The van der Waals surface area contributed by atoms with E-state index in [2.05, 4.69) is 0 Å². The van der Waals surface area contributed by atoms with Crippen molar-refractivity contribution in [3.8, 4) is 0 Å². The summed E-state index contributed by atoms with van der Waals surface area (Å²) in [6.45, 7) is 0.684. The lowest BCUT2D eigenvalue weighted by molar-refractivity contribution is -0.118. The van der Waals surface area contributed by atoms with Crippen LogP contribution in [0.5, 0.6) is 0 Å². The fourth-order valence-electron chi connectivity index (χ4n) is 2.45. The van der Waals surface area contributed by atoms with Crippen molar-refractivity contribution in [2.45, 2.75) is 25.7 Å². The molecule has 0 saturated heterocycles. The first-order valence-electron chi connectivity index (χ1n) is 6.32. The van der Waals surface area contributed by atoms with Gasteiger partial charge in [0.1, 0.15) is 0 Å². The van der Waals surface area contributed by atoms with Gasteiger partial charge in [-0.3, -0.25) is 4.79 Å². The number of carbonyl (C=O) groups excluding carboxylic acids is 1. The van der Waals surface area contributed by atoms with Crippen molar-refractivity contribution in [3.63, 3.8) is 0 Å². The second-order valence-electron chi connectivity index (χ2n) is 5.09. The first-order valence-corrected chi connectivity index (χ1v) is 6.32. The van der Waals surface area contributed by atoms with E-state index in [0.29, 0.717) is 18.9 Å². The molecule has 4 heteroatoms. The fraction of sp³-hybridized carbons (Fsp3) is 0.429. The van der Waals surface area contributed by atoms with Crippen LogP contribution in [0.15, 0.2) is 18.2 Å². The van der Waals surface area contributed by atoms with Gasteiger partial charge in [-0.25, -0.2) is 4.79 Å². The number of fused-ring (bicyclic) bond motifs is 1. The van der Waals surface area contributed by atoms with E-state index in [1.165, 1.54) is 0 Å². The summed E-state index contributed by atoms with van der Waals surface area (Å²) in [6.07, 6.45) is 3.74. The molecule has 1 amide bonds. The molecule has 0 aromatic heterocycles. The lowest BCUT2D eigenvalue weighted by Crippen LogP contribution is -2.29. The van der Waals surface area contributed by atoms with Crippen molar-refractivity contribution in [2.75, 3.05) is 11.4 Å². The van der Waals surface area contributed by atoms with Gasteiger partial charge in [0, 0.05) is 18.7 Å². The number of carbonyl (C=O) groups is 2. The van der Waals surface area contributed by atoms with Crippen molar-refractivity contribution < 1.29 is 14.7 Å². The van der Waals surface area contributed by atoms with Crippen LogP contribution in [0.4, 0.5) is 5.69 Å². The van der Waals surface area contributed by atoms with Crippen molar-refractivity contribution in [1.29, 1.82) is 0 Å². The van der Waals surface area contributed by atoms with E-state index < -0.39 is 5.97 Å². The van der Waals surface area contributed by atoms with E-state index in [4.69, 9.17) is 5.11 Å². The van der Waals surface area contributed by atoms with Gasteiger partial charge in [-0.15, -0.1) is 0 Å². The molecule has 1 aliphatic carbocycles. The number of hydrogen-bond donors (Lipinski definition) is 1. The van der Waals surface area contributed by atoms with E-state index in [0.717, 1.165) is 30.5 Å². The summed E-state index contributed by atoms with van der Waals surface area (Å²) in [6, 6.07) is 5.05. The molecule has 1 saturated carbocycles. The Morgan fingerprint density at radius 2 is 2.11 bits per heavy atom. The van der Waals surface area contributed by atoms with Gasteiger partial charge in [0.05, 0.1) is 5.56 Å². The molecule has 3 rings (SSSR count). The zero-order valence-electron chi connectivity index (χ0n) is 10.1. The Bertz CT molecular complexity index is 520. The van der Waals surface area contributed by atoms with Crippen LogP contribution >= 0.6 is 0 Å². The largest absolute Gasteiger partial charge is 0.478 e. The second kappa shape index (κ2) is 4.12. The van der Waals surface area contributed by atoms with Crippen molar-refractivity contribution in [1.82, 2.24) is 0 Å². The molecule has 1 N–H and O–H groups in total. The summed E-state index contributed by atoms with van der Waals surface area (Å²) < 4.78 is 0. The predicted octanol–water partition coefficient (Wildman–Crippen LogP) is 2.07. The SMILES string of the molecule is O=C(O)c1ccc2c(c1)N(C(=O)CC1CC1)CC2. The average Bonchev–Trinajstić information content (AvgIpc) is 3.05. The lowest BCUT2D eigenvalue weighted by Gasteiger charge is -2.17. The topological polar surface area (TPSA) is 57.6 Å². The highest BCUT2D eigenvalue weighted by Gasteiger charge is 2.30. The Morgan fingerprint density at radius 3 is 2.78 bits per heavy atom. The Hall–Kier alpha value is -1.84. The number of carboxylic acid groups (broad SMARTS) is 1. The lowest BCUT2D eigenvalue weighted by atomic mass is 10.1. The molecule has 4 nitrogen and oxygen atoms in total. The molecule has 0 unspecified atom stereocenters. The van der Waals surface area contributed by atoms with Crippen LogP contribution in [-0.4, -0.2) is 23.5 Å². The zero-order valence-corrected chi connectivity index (χ0v) is 10.1. The zero-order chi connectivity index (χ0) is 12.7. The number of anilines is 1. The van der Waals surface area contributed by atoms with Gasteiger partial charge >= 0.3 is 5.97 Å². The molecule has 1 aromatic carbocycles. The Balaban J connectivity index is 1.86. The van der Waals surface area contributed by atoms with Crippen LogP contribution in [0.2, 0.25) is 0 Å². The molecule has 1 aromatic rings. The molecule has 94 valence electrons. The third-order valence-electron chi connectivity index (χ3n) is 3.69. The van der Waals surface area contributed by atoms with Crippen LogP contribution in [-0.2, 0) is 11.2 Å². The van der Waals surface area contributed by atoms with Gasteiger partial charge in [0.15, 0.2) is 0 Å². The molecule has 1 aliphatic heterocycles. The van der Waals surface area contributed by atoms with Crippen LogP contribution in [0.1, 0.15) is 35.2 Å². The fourth-order valence-corrected chi connectivity index (χ4v) is 2.45. The highest BCUT2D eigenvalue weighted by molar-refractivity contribution is 5.98. The highest BCUT2D eigenvalue weighted by Crippen LogP contribution is 2.35. The summed E-state index contributed by atoms with van der Waals surface area (Å²) in [7, 11) is 0. The molecule has 2 aliphatic rings. The van der Waals surface area contributed by atoms with Gasteiger partial charge in [-0.05, 0) is 42.9 Å². The third kappa shape index (κ3) is 1.98. The van der Waals surface area contributed by atoms with Gasteiger partial charge < -0.3 is 10.0 Å². The number of hydrogen-bond acceptors (Lipinski definition) is 2. The number of carboxylic acids is 1. The Morgan fingerprint density at radius 1 is 1.33 bits per heavy atom. The maximum absolute atomic E-state index is 12.1. The highest BCUT2D eigenvalue weighted by atomic mass is 16.4. The number of aromatic carboxylic acids is 1. The van der Waals surface area contributed by atoms with Gasteiger partial charge in [0.2, 0.25) is 5.91 Å². The first-order chi connectivity index (χ1) is 8.65. The molecular weight excluding hydrogens is 230 g/mol. The van der Waals surface area contributed by atoms with Crippen molar-refractivity contribution in [2.24, 2.45) is 5.92 Å². The van der Waals surface area contributed by atoms with Crippen LogP contribution in [0.3, 0.4) is 0 Å². The normalized spacial score (nSPS) is 17.7. The maximum atomic E-state index is 12.1. The number of rotatable bonds is 3. The van der Waals surface area contributed by atoms with E-state index >= 15 is 0 Å². The minimum atomic E-state index is -0.945. The number of amides is 1. The van der Waals surface area contributed by atoms with E-state index in [1.807, 2.05) is 6.07 Å². The maximum Gasteiger partial charge on any atom is 0.335 e.